The summed E-state index contributed by atoms with van der Waals surface area (Å²) in [7, 11) is 0. The Kier molecular flexibility index (Phi) is 4.77. The molecule has 0 spiro atoms. The fourth-order valence-electron chi connectivity index (χ4n) is 4.10. The number of ketones is 1. The van der Waals surface area contributed by atoms with Crippen LogP contribution in [0.3, 0.4) is 0 Å². The maximum absolute atomic E-state index is 14.2. The van der Waals surface area contributed by atoms with Crippen molar-refractivity contribution >= 4 is 22.4 Å². The van der Waals surface area contributed by atoms with Gasteiger partial charge < -0.3 is 4.42 Å². The van der Waals surface area contributed by atoms with Crippen LogP contribution in [0.1, 0.15) is 21.7 Å². The number of benzene rings is 3. The van der Waals surface area contributed by atoms with Crippen molar-refractivity contribution in [2.45, 2.75) is 6.92 Å². The molecule has 0 aliphatic carbocycles. The first-order chi connectivity index (χ1) is 17.0. The number of rotatable bonds is 4. The van der Waals surface area contributed by atoms with Gasteiger partial charge in [0.15, 0.2) is 11.4 Å². The van der Waals surface area contributed by atoms with E-state index in [1.54, 1.807) is 16.8 Å². The van der Waals surface area contributed by atoms with Crippen LogP contribution >= 0.6 is 0 Å². The Morgan fingerprint density at radius 3 is 2.37 bits per heavy atom. The fraction of sp³-hybridized carbons (Fsp3) is 0.0357. The minimum absolute atomic E-state index is 0.00679. The van der Waals surface area contributed by atoms with Crippen molar-refractivity contribution in [1.29, 1.82) is 0 Å². The van der Waals surface area contributed by atoms with Gasteiger partial charge in [-0.2, -0.15) is 5.10 Å². The number of fused-ring (bicyclic) bond motifs is 2. The molecule has 35 heavy (non-hydrogen) atoms. The third kappa shape index (κ3) is 3.67. The molecule has 6 aromatic rings. The maximum atomic E-state index is 14.2. The molecule has 0 radical (unpaired) electrons. The summed E-state index contributed by atoms with van der Waals surface area (Å²) >= 11 is 0. The zero-order chi connectivity index (χ0) is 24.1. The van der Waals surface area contributed by atoms with Crippen molar-refractivity contribution in [3.8, 4) is 22.5 Å². The van der Waals surface area contributed by atoms with Gasteiger partial charge in [0, 0.05) is 28.8 Å². The zero-order valence-corrected chi connectivity index (χ0v) is 18.5. The highest BCUT2D eigenvalue weighted by atomic mass is 19.1. The van der Waals surface area contributed by atoms with E-state index in [1.165, 1.54) is 42.5 Å². The number of nitrogens with zero attached hydrogens (tertiary/aromatic N) is 3. The van der Waals surface area contributed by atoms with Crippen molar-refractivity contribution in [2.75, 3.05) is 0 Å². The van der Waals surface area contributed by atoms with Gasteiger partial charge >= 0.3 is 0 Å². The smallest absolute Gasteiger partial charge is 0.228 e. The molecular formula is C28H17F2N3O2. The van der Waals surface area contributed by atoms with E-state index in [9.17, 15) is 13.6 Å². The Hall–Kier alpha value is -4.65. The monoisotopic (exact) mass is 465 g/mol. The summed E-state index contributed by atoms with van der Waals surface area (Å²) in [5, 5.41) is 5.01. The molecule has 7 heteroatoms. The second-order valence-corrected chi connectivity index (χ2v) is 8.29. The Labute approximate surface area is 198 Å². The van der Waals surface area contributed by atoms with Crippen molar-refractivity contribution in [1.82, 2.24) is 14.6 Å². The number of aromatic nitrogens is 3. The average Bonchev–Trinajstić information content (AvgIpc) is 3.45. The van der Waals surface area contributed by atoms with Crippen LogP contribution in [0.2, 0.25) is 0 Å². The first kappa shape index (κ1) is 20.9. The van der Waals surface area contributed by atoms with E-state index in [0.29, 0.717) is 27.9 Å². The molecule has 0 bridgehead atoms. The number of aryl methyl sites for hydroxylation is 1. The van der Waals surface area contributed by atoms with Gasteiger partial charge in [-0.25, -0.2) is 18.3 Å². The molecule has 0 fully saturated rings. The highest BCUT2D eigenvalue weighted by Crippen LogP contribution is 2.36. The molecule has 0 aliphatic heterocycles. The van der Waals surface area contributed by atoms with Crippen LogP contribution in [0, 0.1) is 18.6 Å². The molecule has 6 rings (SSSR count). The summed E-state index contributed by atoms with van der Waals surface area (Å²) in [4.78, 5) is 18.0. The molecule has 0 amide bonds. The molecule has 5 nitrogen and oxygen atoms in total. The summed E-state index contributed by atoms with van der Waals surface area (Å²) in [6, 6.07) is 20.8. The molecule has 0 aliphatic rings. The molecule has 0 saturated heterocycles. The van der Waals surface area contributed by atoms with Crippen molar-refractivity contribution in [3.05, 3.63) is 114 Å². The number of carbonyl (C=O) groups is 1. The molecule has 3 aromatic heterocycles. The highest BCUT2D eigenvalue weighted by Gasteiger charge is 2.25. The minimum Gasteiger partial charge on any atom is -0.452 e. The highest BCUT2D eigenvalue weighted by molar-refractivity contribution is 6.15. The Morgan fingerprint density at radius 1 is 0.857 bits per heavy atom. The standard InChI is InChI=1S/C28H17F2N3O2/c1-16-2-4-17(5-3-16)23-15-25-31-22(12-13-33(25)32-23)26-21-14-20(30)10-11-24(21)35-28(26)27(34)18-6-8-19(29)9-7-18/h2-15H,1H3. The van der Waals surface area contributed by atoms with E-state index >= 15 is 0 Å². The van der Waals surface area contributed by atoms with Gasteiger partial charge in [-0.05, 0) is 55.5 Å². The lowest BCUT2D eigenvalue weighted by molar-refractivity contribution is 0.101. The van der Waals surface area contributed by atoms with Crippen LogP contribution in [0.4, 0.5) is 8.78 Å². The topological polar surface area (TPSA) is 60.4 Å². The van der Waals surface area contributed by atoms with Crippen molar-refractivity contribution in [2.24, 2.45) is 0 Å². The molecule has 0 N–H and O–H groups in total. The Balaban J connectivity index is 1.52. The van der Waals surface area contributed by atoms with Crippen LogP contribution < -0.4 is 0 Å². The summed E-state index contributed by atoms with van der Waals surface area (Å²) < 4.78 is 35.1. The predicted octanol–water partition coefficient (Wildman–Crippen LogP) is 6.63. The van der Waals surface area contributed by atoms with E-state index in [4.69, 9.17) is 9.40 Å². The Morgan fingerprint density at radius 2 is 1.60 bits per heavy atom. The van der Waals surface area contributed by atoms with Gasteiger partial charge in [-0.1, -0.05) is 29.8 Å². The minimum atomic E-state index is -0.465. The third-order valence-electron chi connectivity index (χ3n) is 5.89. The first-order valence-electron chi connectivity index (χ1n) is 10.9. The summed E-state index contributed by atoms with van der Waals surface area (Å²) in [6.45, 7) is 2.02. The van der Waals surface area contributed by atoms with Gasteiger partial charge in [-0.15, -0.1) is 0 Å². The van der Waals surface area contributed by atoms with E-state index in [0.717, 1.165) is 16.8 Å². The number of hydrogen-bond acceptors (Lipinski definition) is 4. The van der Waals surface area contributed by atoms with Crippen LogP contribution in [-0.4, -0.2) is 20.4 Å². The largest absolute Gasteiger partial charge is 0.452 e. The number of halogens is 2. The second-order valence-electron chi connectivity index (χ2n) is 8.29. The summed E-state index contributed by atoms with van der Waals surface area (Å²) in [6.07, 6.45) is 1.74. The molecule has 170 valence electrons. The SMILES string of the molecule is Cc1ccc(-c2cc3nc(-c4c(C(=O)c5ccc(F)cc5)oc5ccc(F)cc45)ccn3n2)cc1. The summed E-state index contributed by atoms with van der Waals surface area (Å²) in [5.41, 5.74) is 4.81. The number of furan rings is 1. The normalized spacial score (nSPS) is 11.4. The maximum Gasteiger partial charge on any atom is 0.228 e. The molecule has 0 saturated carbocycles. The van der Waals surface area contributed by atoms with Crippen molar-refractivity contribution in [3.63, 3.8) is 0 Å². The lowest BCUT2D eigenvalue weighted by atomic mass is 10.0. The molecular weight excluding hydrogens is 448 g/mol. The summed E-state index contributed by atoms with van der Waals surface area (Å²) in [5.74, 6) is -1.36. The molecule has 0 unspecified atom stereocenters. The van der Waals surface area contributed by atoms with E-state index in [1.807, 2.05) is 37.3 Å². The molecule has 3 aromatic carbocycles. The van der Waals surface area contributed by atoms with Gasteiger partial charge in [0.25, 0.3) is 0 Å². The average molecular weight is 465 g/mol. The first-order valence-corrected chi connectivity index (χ1v) is 10.9. The molecule has 0 atom stereocenters. The van der Waals surface area contributed by atoms with Gasteiger partial charge in [0.2, 0.25) is 5.78 Å². The second kappa shape index (κ2) is 7.99. The van der Waals surface area contributed by atoms with Crippen LogP contribution in [0.5, 0.6) is 0 Å². The van der Waals surface area contributed by atoms with Gasteiger partial charge in [-0.3, -0.25) is 4.79 Å². The fourth-order valence-corrected chi connectivity index (χ4v) is 4.10. The van der Waals surface area contributed by atoms with E-state index in [-0.39, 0.29) is 11.3 Å². The van der Waals surface area contributed by atoms with Crippen LogP contribution in [-0.2, 0) is 0 Å². The van der Waals surface area contributed by atoms with Gasteiger partial charge in [0.1, 0.15) is 17.2 Å². The quantitative estimate of drug-likeness (QED) is 0.274. The van der Waals surface area contributed by atoms with Gasteiger partial charge in [0.05, 0.1) is 17.0 Å². The third-order valence-corrected chi connectivity index (χ3v) is 5.89. The lowest BCUT2D eigenvalue weighted by Gasteiger charge is -2.04. The van der Waals surface area contributed by atoms with E-state index < -0.39 is 17.4 Å². The van der Waals surface area contributed by atoms with E-state index in [2.05, 4.69) is 5.10 Å². The van der Waals surface area contributed by atoms with Crippen LogP contribution in [0.25, 0.3) is 39.1 Å². The molecule has 3 heterocycles. The Bertz CT molecular complexity index is 1730. The zero-order valence-electron chi connectivity index (χ0n) is 18.5. The number of carbonyl (C=O) groups excluding carboxylic acids is 1. The predicted molar refractivity (Wildman–Crippen MR) is 128 cm³/mol. The van der Waals surface area contributed by atoms with Crippen molar-refractivity contribution < 1.29 is 18.0 Å². The van der Waals surface area contributed by atoms with Crippen LogP contribution in [0.15, 0.2) is 89.5 Å². The number of hydrogen-bond donors (Lipinski definition) is 0. The lowest BCUT2D eigenvalue weighted by Crippen LogP contribution is -2.02.